The third kappa shape index (κ3) is 3.07. The van der Waals surface area contributed by atoms with Gasteiger partial charge in [-0.25, -0.2) is 0 Å². The van der Waals surface area contributed by atoms with E-state index in [2.05, 4.69) is 5.32 Å². The Kier molecular flexibility index (Phi) is 4.71. The van der Waals surface area contributed by atoms with E-state index in [-0.39, 0.29) is 5.69 Å². The van der Waals surface area contributed by atoms with Gasteiger partial charge in [0, 0.05) is 6.54 Å². The topological polar surface area (TPSA) is 73.6 Å². The molecule has 6 heteroatoms. The highest BCUT2D eigenvalue weighted by molar-refractivity contribution is 5.53. The summed E-state index contributed by atoms with van der Waals surface area (Å²) in [6.07, 6.45) is 0. The first-order valence-corrected chi connectivity index (χ1v) is 5.24. The minimum Gasteiger partial charge on any atom is -0.496 e. The molecule has 0 saturated carbocycles. The van der Waals surface area contributed by atoms with Crippen molar-refractivity contribution in [2.45, 2.75) is 13.5 Å². The number of nitro groups is 1. The Balaban J connectivity index is 3.21. The summed E-state index contributed by atoms with van der Waals surface area (Å²) in [6.45, 7) is 3.31. The normalized spacial score (nSPS) is 10.1. The summed E-state index contributed by atoms with van der Waals surface area (Å²) in [5.74, 6) is 0.911. The quantitative estimate of drug-likeness (QED) is 0.605. The fraction of sp³-hybridized carbons (Fsp3) is 0.455. The summed E-state index contributed by atoms with van der Waals surface area (Å²) in [5, 5.41) is 13.9. The Hall–Kier alpha value is -1.82. The van der Waals surface area contributed by atoms with E-state index >= 15 is 0 Å². The maximum absolute atomic E-state index is 10.7. The van der Waals surface area contributed by atoms with Gasteiger partial charge < -0.3 is 14.8 Å². The van der Waals surface area contributed by atoms with Gasteiger partial charge in [0.25, 0.3) is 5.69 Å². The molecule has 0 aromatic heterocycles. The van der Waals surface area contributed by atoms with Gasteiger partial charge in [0.1, 0.15) is 11.5 Å². The van der Waals surface area contributed by atoms with Crippen molar-refractivity contribution in [1.82, 2.24) is 5.32 Å². The molecule has 0 saturated heterocycles. The van der Waals surface area contributed by atoms with Gasteiger partial charge >= 0.3 is 0 Å². The predicted molar refractivity (Wildman–Crippen MR) is 63.6 cm³/mol. The SMILES string of the molecule is CCNCc1c(OC)cc([N+](=O)[O-])cc1OC. The molecule has 0 bridgehead atoms. The zero-order chi connectivity index (χ0) is 12.8. The van der Waals surface area contributed by atoms with E-state index in [1.807, 2.05) is 6.92 Å². The van der Waals surface area contributed by atoms with Crippen LogP contribution in [0.1, 0.15) is 12.5 Å². The number of rotatable bonds is 6. The van der Waals surface area contributed by atoms with Crippen molar-refractivity contribution in [1.29, 1.82) is 0 Å². The highest BCUT2D eigenvalue weighted by atomic mass is 16.6. The first-order valence-electron chi connectivity index (χ1n) is 5.24. The monoisotopic (exact) mass is 240 g/mol. The molecular weight excluding hydrogens is 224 g/mol. The van der Waals surface area contributed by atoms with Crippen LogP contribution in [-0.4, -0.2) is 25.7 Å². The summed E-state index contributed by atoms with van der Waals surface area (Å²) >= 11 is 0. The molecule has 0 radical (unpaired) electrons. The molecule has 0 spiro atoms. The van der Waals surface area contributed by atoms with Gasteiger partial charge in [-0.2, -0.15) is 0 Å². The largest absolute Gasteiger partial charge is 0.496 e. The lowest BCUT2D eigenvalue weighted by atomic mass is 10.1. The average Bonchev–Trinajstić information content (AvgIpc) is 2.34. The summed E-state index contributed by atoms with van der Waals surface area (Å²) < 4.78 is 10.3. The number of methoxy groups -OCH3 is 2. The summed E-state index contributed by atoms with van der Waals surface area (Å²) in [7, 11) is 2.96. The number of nitro benzene ring substituents is 1. The van der Waals surface area contributed by atoms with Crippen molar-refractivity contribution in [2.24, 2.45) is 0 Å². The van der Waals surface area contributed by atoms with Gasteiger partial charge in [0.05, 0.1) is 36.8 Å². The van der Waals surface area contributed by atoms with Gasteiger partial charge in [0.2, 0.25) is 0 Å². The van der Waals surface area contributed by atoms with Gasteiger partial charge in [-0.05, 0) is 6.54 Å². The average molecular weight is 240 g/mol. The molecule has 0 unspecified atom stereocenters. The van der Waals surface area contributed by atoms with Crippen LogP contribution in [-0.2, 0) is 6.54 Å². The third-order valence-electron chi connectivity index (χ3n) is 2.36. The van der Waals surface area contributed by atoms with Crippen LogP contribution in [0, 0.1) is 10.1 Å². The van der Waals surface area contributed by atoms with Crippen LogP contribution < -0.4 is 14.8 Å². The van der Waals surface area contributed by atoms with Crippen molar-refractivity contribution in [3.05, 3.63) is 27.8 Å². The predicted octanol–water partition coefficient (Wildman–Crippen LogP) is 1.72. The highest BCUT2D eigenvalue weighted by Crippen LogP contribution is 2.33. The molecule has 1 aromatic carbocycles. The van der Waals surface area contributed by atoms with E-state index in [1.165, 1.54) is 26.4 Å². The van der Waals surface area contributed by atoms with Crippen LogP contribution in [0.3, 0.4) is 0 Å². The fourth-order valence-corrected chi connectivity index (χ4v) is 1.50. The van der Waals surface area contributed by atoms with Crippen molar-refractivity contribution >= 4 is 5.69 Å². The van der Waals surface area contributed by atoms with Crippen LogP contribution in [0.5, 0.6) is 11.5 Å². The highest BCUT2D eigenvalue weighted by Gasteiger charge is 2.17. The minimum absolute atomic E-state index is 0.0426. The molecule has 0 atom stereocenters. The fourth-order valence-electron chi connectivity index (χ4n) is 1.50. The Morgan fingerprint density at radius 1 is 1.29 bits per heavy atom. The molecule has 0 fully saturated rings. The number of non-ortho nitro benzene ring substituents is 1. The molecule has 94 valence electrons. The molecule has 1 N–H and O–H groups in total. The molecular formula is C11H16N2O4. The molecule has 1 rings (SSSR count). The Morgan fingerprint density at radius 3 is 2.18 bits per heavy atom. The molecule has 6 nitrogen and oxygen atoms in total. The van der Waals surface area contributed by atoms with Gasteiger partial charge in [-0.15, -0.1) is 0 Å². The molecule has 0 heterocycles. The Morgan fingerprint density at radius 2 is 1.82 bits per heavy atom. The standard InChI is InChI=1S/C11H16N2O4/c1-4-12-7-9-10(16-2)5-8(13(14)15)6-11(9)17-3/h5-6,12H,4,7H2,1-3H3. The lowest BCUT2D eigenvalue weighted by molar-refractivity contribution is -0.385. The second-order valence-corrected chi connectivity index (χ2v) is 3.37. The molecule has 1 aromatic rings. The van der Waals surface area contributed by atoms with Crippen LogP contribution in [0.2, 0.25) is 0 Å². The number of hydrogen-bond acceptors (Lipinski definition) is 5. The molecule has 0 aliphatic heterocycles. The number of benzene rings is 1. The van der Waals surface area contributed by atoms with Gasteiger partial charge in [-0.1, -0.05) is 6.92 Å². The third-order valence-corrected chi connectivity index (χ3v) is 2.36. The lowest BCUT2D eigenvalue weighted by Gasteiger charge is -2.13. The van der Waals surface area contributed by atoms with E-state index in [9.17, 15) is 10.1 Å². The van der Waals surface area contributed by atoms with Crippen molar-refractivity contribution < 1.29 is 14.4 Å². The minimum atomic E-state index is -0.470. The second kappa shape index (κ2) is 6.05. The number of nitrogens with one attached hydrogen (secondary N) is 1. The summed E-state index contributed by atoms with van der Waals surface area (Å²) in [4.78, 5) is 10.3. The van der Waals surface area contributed by atoms with E-state index < -0.39 is 4.92 Å². The van der Waals surface area contributed by atoms with Crippen molar-refractivity contribution in [3.63, 3.8) is 0 Å². The van der Waals surface area contributed by atoms with Crippen LogP contribution in [0.15, 0.2) is 12.1 Å². The molecule has 17 heavy (non-hydrogen) atoms. The first-order chi connectivity index (χ1) is 8.13. The molecule has 0 aliphatic carbocycles. The van der Waals surface area contributed by atoms with E-state index in [4.69, 9.17) is 9.47 Å². The summed E-state index contributed by atoms with van der Waals surface area (Å²) in [5.41, 5.74) is 0.737. The van der Waals surface area contributed by atoms with E-state index in [0.717, 1.165) is 12.1 Å². The number of ether oxygens (including phenoxy) is 2. The van der Waals surface area contributed by atoms with Gasteiger partial charge in [0.15, 0.2) is 0 Å². The Bertz CT molecular complexity index is 381. The Labute approximate surface area is 99.7 Å². The smallest absolute Gasteiger partial charge is 0.276 e. The maximum atomic E-state index is 10.7. The first kappa shape index (κ1) is 13.2. The van der Waals surface area contributed by atoms with Crippen molar-refractivity contribution in [2.75, 3.05) is 20.8 Å². The lowest BCUT2D eigenvalue weighted by Crippen LogP contribution is -2.13. The maximum Gasteiger partial charge on any atom is 0.276 e. The van der Waals surface area contributed by atoms with Crippen LogP contribution >= 0.6 is 0 Å². The number of hydrogen-bond donors (Lipinski definition) is 1. The van der Waals surface area contributed by atoms with Gasteiger partial charge in [-0.3, -0.25) is 10.1 Å². The number of nitrogens with zero attached hydrogens (tertiary/aromatic N) is 1. The van der Waals surface area contributed by atoms with Crippen LogP contribution in [0.25, 0.3) is 0 Å². The van der Waals surface area contributed by atoms with E-state index in [1.54, 1.807) is 0 Å². The summed E-state index contributed by atoms with van der Waals surface area (Å²) in [6, 6.07) is 2.80. The molecule has 0 amide bonds. The van der Waals surface area contributed by atoms with Crippen molar-refractivity contribution in [3.8, 4) is 11.5 Å². The zero-order valence-corrected chi connectivity index (χ0v) is 10.1. The zero-order valence-electron chi connectivity index (χ0n) is 10.1. The van der Waals surface area contributed by atoms with Crippen LogP contribution in [0.4, 0.5) is 5.69 Å². The molecule has 0 aliphatic rings. The van der Waals surface area contributed by atoms with E-state index in [0.29, 0.717) is 18.0 Å². The second-order valence-electron chi connectivity index (χ2n) is 3.37.